The van der Waals surface area contributed by atoms with Crippen molar-refractivity contribution in [3.63, 3.8) is 0 Å². The first-order valence-electron chi connectivity index (χ1n) is 5.99. The summed E-state index contributed by atoms with van der Waals surface area (Å²) in [6.45, 7) is 7.29. The minimum Gasteiger partial charge on any atom is -0.339 e. The van der Waals surface area contributed by atoms with Gasteiger partial charge in [-0.1, -0.05) is 20.3 Å². The molecule has 0 bridgehead atoms. The van der Waals surface area contributed by atoms with Gasteiger partial charge in [-0.15, -0.1) is 0 Å². The van der Waals surface area contributed by atoms with Gasteiger partial charge in [0.25, 0.3) is 5.91 Å². The van der Waals surface area contributed by atoms with Gasteiger partial charge in [-0.2, -0.15) is 4.39 Å². The second kappa shape index (κ2) is 6.33. The van der Waals surface area contributed by atoms with E-state index >= 15 is 0 Å². The van der Waals surface area contributed by atoms with Gasteiger partial charge in [-0.25, -0.2) is 4.98 Å². The number of nitrogens with zero attached hydrogens (tertiary/aromatic N) is 2. The van der Waals surface area contributed by atoms with Crippen LogP contribution in [-0.2, 0) is 0 Å². The Bertz CT molecular complexity index is 381. The average molecular weight is 238 g/mol. The number of rotatable bonds is 5. The lowest BCUT2D eigenvalue weighted by Crippen LogP contribution is -2.35. The second-order valence-corrected chi connectivity index (χ2v) is 4.20. The molecular formula is C13H19FN2O. The first kappa shape index (κ1) is 13.6. The van der Waals surface area contributed by atoms with Crippen LogP contribution in [0.2, 0.25) is 0 Å². The molecular weight excluding hydrogens is 219 g/mol. The van der Waals surface area contributed by atoms with Crippen LogP contribution in [0.4, 0.5) is 4.39 Å². The largest absolute Gasteiger partial charge is 0.339 e. The zero-order chi connectivity index (χ0) is 12.8. The molecule has 0 radical (unpaired) electrons. The molecule has 3 nitrogen and oxygen atoms in total. The number of aromatic nitrogens is 1. The van der Waals surface area contributed by atoms with Gasteiger partial charge < -0.3 is 4.90 Å². The predicted octanol–water partition coefficient (Wildman–Crippen LogP) is 2.73. The van der Waals surface area contributed by atoms with Crippen molar-refractivity contribution in [2.24, 2.45) is 5.92 Å². The Morgan fingerprint density at radius 1 is 1.53 bits per heavy atom. The number of hydrogen-bond acceptors (Lipinski definition) is 2. The van der Waals surface area contributed by atoms with Crippen LogP contribution in [-0.4, -0.2) is 28.9 Å². The Balaban J connectivity index is 2.83. The van der Waals surface area contributed by atoms with Crippen molar-refractivity contribution in [2.45, 2.75) is 27.2 Å². The maximum Gasteiger partial charge on any atom is 0.258 e. The van der Waals surface area contributed by atoms with E-state index in [1.54, 1.807) is 11.0 Å². The Hall–Kier alpha value is -1.45. The van der Waals surface area contributed by atoms with E-state index in [4.69, 9.17) is 0 Å². The SMILES string of the molecule is CCC(C)CN(CC)C(=O)c1cccnc1F. The summed E-state index contributed by atoms with van der Waals surface area (Å²) in [4.78, 5) is 17.3. The molecule has 1 atom stereocenters. The highest BCUT2D eigenvalue weighted by Gasteiger charge is 2.19. The third-order valence-corrected chi connectivity index (χ3v) is 2.89. The highest BCUT2D eigenvalue weighted by molar-refractivity contribution is 5.94. The predicted molar refractivity (Wildman–Crippen MR) is 65.2 cm³/mol. The van der Waals surface area contributed by atoms with E-state index in [1.165, 1.54) is 12.3 Å². The van der Waals surface area contributed by atoms with E-state index in [-0.39, 0.29) is 11.5 Å². The monoisotopic (exact) mass is 238 g/mol. The van der Waals surface area contributed by atoms with Gasteiger partial charge in [0.2, 0.25) is 5.95 Å². The van der Waals surface area contributed by atoms with E-state index in [0.29, 0.717) is 19.0 Å². The van der Waals surface area contributed by atoms with E-state index in [0.717, 1.165) is 6.42 Å². The third-order valence-electron chi connectivity index (χ3n) is 2.89. The fourth-order valence-corrected chi connectivity index (χ4v) is 1.58. The topological polar surface area (TPSA) is 33.2 Å². The quantitative estimate of drug-likeness (QED) is 0.739. The van der Waals surface area contributed by atoms with Crippen molar-refractivity contribution in [2.75, 3.05) is 13.1 Å². The summed E-state index contributed by atoms with van der Waals surface area (Å²) in [5.41, 5.74) is 0.0534. The number of pyridine rings is 1. The fraction of sp³-hybridized carbons (Fsp3) is 0.538. The normalized spacial score (nSPS) is 12.2. The van der Waals surface area contributed by atoms with Crippen molar-refractivity contribution in [3.8, 4) is 0 Å². The molecule has 0 aromatic carbocycles. The molecule has 0 N–H and O–H groups in total. The number of hydrogen-bond donors (Lipinski definition) is 0. The van der Waals surface area contributed by atoms with Crippen LogP contribution in [0.15, 0.2) is 18.3 Å². The molecule has 1 aromatic heterocycles. The Kier molecular flexibility index (Phi) is 5.07. The van der Waals surface area contributed by atoms with Crippen LogP contribution in [0.25, 0.3) is 0 Å². The molecule has 0 aliphatic heterocycles. The van der Waals surface area contributed by atoms with Crippen LogP contribution in [0.3, 0.4) is 0 Å². The Morgan fingerprint density at radius 3 is 2.76 bits per heavy atom. The van der Waals surface area contributed by atoms with Gasteiger partial charge in [0.1, 0.15) is 0 Å². The minimum atomic E-state index is -0.694. The van der Waals surface area contributed by atoms with Crippen LogP contribution >= 0.6 is 0 Å². The molecule has 0 fully saturated rings. The molecule has 94 valence electrons. The van der Waals surface area contributed by atoms with Crippen LogP contribution < -0.4 is 0 Å². The zero-order valence-corrected chi connectivity index (χ0v) is 10.6. The van der Waals surface area contributed by atoms with Crippen LogP contribution in [0.1, 0.15) is 37.6 Å². The van der Waals surface area contributed by atoms with Gasteiger partial charge in [0.05, 0.1) is 5.56 Å². The summed E-state index contributed by atoms with van der Waals surface area (Å²) in [6.07, 6.45) is 2.34. The Morgan fingerprint density at radius 2 is 2.24 bits per heavy atom. The average Bonchev–Trinajstić information content (AvgIpc) is 2.35. The van der Waals surface area contributed by atoms with Crippen molar-refractivity contribution in [1.29, 1.82) is 0 Å². The summed E-state index contributed by atoms with van der Waals surface area (Å²) in [7, 11) is 0. The van der Waals surface area contributed by atoms with Crippen LogP contribution in [0.5, 0.6) is 0 Å². The highest BCUT2D eigenvalue weighted by Crippen LogP contribution is 2.11. The van der Waals surface area contributed by atoms with E-state index in [2.05, 4.69) is 18.8 Å². The van der Waals surface area contributed by atoms with Crippen molar-refractivity contribution in [1.82, 2.24) is 9.88 Å². The van der Waals surface area contributed by atoms with E-state index < -0.39 is 5.95 Å². The highest BCUT2D eigenvalue weighted by atomic mass is 19.1. The molecule has 1 aromatic rings. The lowest BCUT2D eigenvalue weighted by atomic mass is 10.1. The number of carbonyl (C=O) groups excluding carboxylic acids is 1. The summed E-state index contributed by atoms with van der Waals surface area (Å²) in [5, 5.41) is 0. The zero-order valence-electron chi connectivity index (χ0n) is 10.6. The Labute approximate surface area is 102 Å². The smallest absolute Gasteiger partial charge is 0.258 e. The van der Waals surface area contributed by atoms with Crippen molar-refractivity contribution < 1.29 is 9.18 Å². The summed E-state index contributed by atoms with van der Waals surface area (Å²) in [5.74, 6) is -0.558. The first-order valence-corrected chi connectivity index (χ1v) is 5.99. The van der Waals surface area contributed by atoms with Crippen molar-refractivity contribution >= 4 is 5.91 Å². The minimum absolute atomic E-state index is 0.0534. The van der Waals surface area contributed by atoms with E-state index in [9.17, 15) is 9.18 Å². The van der Waals surface area contributed by atoms with Crippen molar-refractivity contribution in [3.05, 3.63) is 29.8 Å². The molecule has 0 aliphatic rings. The maximum atomic E-state index is 13.4. The molecule has 0 saturated heterocycles. The molecule has 0 saturated carbocycles. The molecule has 4 heteroatoms. The first-order chi connectivity index (χ1) is 8.10. The molecule has 1 amide bonds. The lowest BCUT2D eigenvalue weighted by Gasteiger charge is -2.24. The standard InChI is InChI=1S/C13H19FN2O/c1-4-10(3)9-16(5-2)13(17)11-7-6-8-15-12(11)14/h6-8,10H,4-5,9H2,1-3H3. The summed E-state index contributed by atoms with van der Waals surface area (Å²) < 4.78 is 13.4. The number of amides is 1. The number of carbonyl (C=O) groups is 1. The fourth-order valence-electron chi connectivity index (χ4n) is 1.58. The lowest BCUT2D eigenvalue weighted by molar-refractivity contribution is 0.0735. The molecule has 17 heavy (non-hydrogen) atoms. The second-order valence-electron chi connectivity index (χ2n) is 4.20. The van der Waals surface area contributed by atoms with E-state index in [1.807, 2.05) is 6.92 Å². The molecule has 1 unspecified atom stereocenters. The number of halogens is 1. The molecule has 0 spiro atoms. The van der Waals surface area contributed by atoms with Gasteiger partial charge in [0, 0.05) is 19.3 Å². The molecule has 1 heterocycles. The van der Waals surface area contributed by atoms with Gasteiger partial charge >= 0.3 is 0 Å². The molecule has 0 aliphatic carbocycles. The van der Waals surface area contributed by atoms with Gasteiger partial charge in [-0.05, 0) is 25.0 Å². The summed E-state index contributed by atoms with van der Waals surface area (Å²) in [6, 6.07) is 3.05. The maximum absolute atomic E-state index is 13.4. The third kappa shape index (κ3) is 3.51. The molecule has 1 rings (SSSR count). The summed E-state index contributed by atoms with van der Waals surface area (Å²) >= 11 is 0. The van der Waals surface area contributed by atoms with Crippen LogP contribution in [0, 0.1) is 11.9 Å². The van der Waals surface area contributed by atoms with Gasteiger partial charge in [0.15, 0.2) is 0 Å². The van der Waals surface area contributed by atoms with Gasteiger partial charge in [-0.3, -0.25) is 4.79 Å².